The number of halogens is 1. The van der Waals surface area contributed by atoms with Crippen molar-refractivity contribution < 1.29 is 9.90 Å². The van der Waals surface area contributed by atoms with E-state index in [1.807, 2.05) is 6.07 Å². The molecule has 86 valence electrons. The Morgan fingerprint density at radius 1 is 1.56 bits per heavy atom. The first-order valence-corrected chi connectivity index (χ1v) is 6.16. The smallest absolute Gasteiger partial charge is 0.335 e. The average molecular weight is 284 g/mol. The predicted molar refractivity (Wildman–Crippen MR) is 66.9 cm³/mol. The van der Waals surface area contributed by atoms with Crippen LogP contribution in [0.5, 0.6) is 0 Å². The van der Waals surface area contributed by atoms with E-state index in [0.29, 0.717) is 11.6 Å². The number of anilines is 1. The van der Waals surface area contributed by atoms with E-state index in [0.717, 1.165) is 16.1 Å². The Morgan fingerprint density at radius 2 is 2.25 bits per heavy atom. The molecule has 1 aliphatic rings. The molecule has 1 unspecified atom stereocenters. The zero-order chi connectivity index (χ0) is 11.7. The normalized spacial score (nSPS) is 16.9. The Hall–Kier alpha value is -1.03. The summed E-state index contributed by atoms with van der Waals surface area (Å²) in [5.41, 5.74) is 1.26. The topological polar surface area (TPSA) is 49.3 Å². The van der Waals surface area contributed by atoms with Crippen LogP contribution in [0.25, 0.3) is 0 Å². The molecule has 1 aromatic carbocycles. The van der Waals surface area contributed by atoms with Crippen molar-refractivity contribution in [1.29, 1.82) is 0 Å². The summed E-state index contributed by atoms with van der Waals surface area (Å²) in [4.78, 5) is 10.8. The largest absolute Gasteiger partial charge is 0.478 e. The Labute approximate surface area is 103 Å². The van der Waals surface area contributed by atoms with Gasteiger partial charge in [-0.15, -0.1) is 0 Å². The van der Waals surface area contributed by atoms with E-state index in [1.165, 1.54) is 12.8 Å². The summed E-state index contributed by atoms with van der Waals surface area (Å²) < 4.78 is 0.805. The lowest BCUT2D eigenvalue weighted by Gasteiger charge is -2.15. The van der Waals surface area contributed by atoms with Crippen molar-refractivity contribution in [3.8, 4) is 0 Å². The van der Waals surface area contributed by atoms with E-state index < -0.39 is 5.97 Å². The van der Waals surface area contributed by atoms with Gasteiger partial charge in [-0.3, -0.25) is 0 Å². The Bertz CT molecular complexity index is 415. The summed E-state index contributed by atoms with van der Waals surface area (Å²) in [7, 11) is 0. The quantitative estimate of drug-likeness (QED) is 0.891. The minimum absolute atomic E-state index is 0.302. The molecule has 1 fully saturated rings. The number of hydrogen-bond donors (Lipinski definition) is 2. The van der Waals surface area contributed by atoms with Crippen LogP contribution in [-0.2, 0) is 0 Å². The monoisotopic (exact) mass is 283 g/mol. The molecular formula is C12H14BrNO2. The number of carbonyl (C=O) groups is 1. The second-order valence-electron chi connectivity index (χ2n) is 4.27. The van der Waals surface area contributed by atoms with Crippen molar-refractivity contribution in [2.45, 2.75) is 25.8 Å². The standard InChI is InChI=1S/C12H14BrNO2/c1-7(8-2-3-8)14-11-5-4-9(12(15)16)6-10(11)13/h4-8,14H,2-3H2,1H3,(H,15,16). The molecule has 1 atom stereocenters. The Morgan fingerprint density at radius 3 is 2.75 bits per heavy atom. The molecule has 0 heterocycles. The molecule has 0 saturated heterocycles. The molecule has 0 bridgehead atoms. The summed E-state index contributed by atoms with van der Waals surface area (Å²) in [5.74, 6) is -0.131. The summed E-state index contributed by atoms with van der Waals surface area (Å²) in [6.07, 6.45) is 2.58. The molecule has 16 heavy (non-hydrogen) atoms. The fraction of sp³-hybridized carbons (Fsp3) is 0.417. The zero-order valence-electron chi connectivity index (χ0n) is 9.03. The minimum atomic E-state index is -0.900. The van der Waals surface area contributed by atoms with Crippen molar-refractivity contribution in [2.24, 2.45) is 5.92 Å². The highest BCUT2D eigenvalue weighted by Gasteiger charge is 2.28. The molecule has 0 radical (unpaired) electrons. The molecule has 2 rings (SSSR count). The number of carboxylic acid groups (broad SMARTS) is 1. The van der Waals surface area contributed by atoms with Gasteiger partial charge in [0, 0.05) is 16.2 Å². The van der Waals surface area contributed by atoms with Crippen LogP contribution in [0.15, 0.2) is 22.7 Å². The fourth-order valence-electron chi connectivity index (χ4n) is 1.72. The summed E-state index contributed by atoms with van der Waals surface area (Å²) in [6, 6.07) is 5.51. The maximum Gasteiger partial charge on any atom is 0.335 e. The van der Waals surface area contributed by atoms with Gasteiger partial charge in [-0.05, 0) is 59.8 Å². The maximum absolute atomic E-state index is 10.8. The van der Waals surface area contributed by atoms with Gasteiger partial charge in [-0.25, -0.2) is 4.79 Å². The van der Waals surface area contributed by atoms with Crippen LogP contribution in [0.3, 0.4) is 0 Å². The second-order valence-corrected chi connectivity index (χ2v) is 5.12. The Kier molecular flexibility index (Phi) is 3.19. The van der Waals surface area contributed by atoms with E-state index in [9.17, 15) is 4.79 Å². The number of rotatable bonds is 4. The molecule has 0 aliphatic heterocycles. The van der Waals surface area contributed by atoms with Gasteiger partial charge in [-0.1, -0.05) is 0 Å². The van der Waals surface area contributed by atoms with Crippen LogP contribution in [0.4, 0.5) is 5.69 Å². The van der Waals surface area contributed by atoms with Gasteiger partial charge in [0.15, 0.2) is 0 Å². The molecule has 2 N–H and O–H groups in total. The van der Waals surface area contributed by atoms with E-state index in [4.69, 9.17) is 5.11 Å². The van der Waals surface area contributed by atoms with Crippen LogP contribution in [0.2, 0.25) is 0 Å². The molecule has 0 spiro atoms. The van der Waals surface area contributed by atoms with Crippen LogP contribution >= 0.6 is 15.9 Å². The summed E-state index contributed by atoms with van der Waals surface area (Å²) >= 11 is 3.39. The molecular weight excluding hydrogens is 270 g/mol. The Balaban J connectivity index is 2.12. The first-order chi connectivity index (χ1) is 7.58. The highest BCUT2D eigenvalue weighted by atomic mass is 79.9. The van der Waals surface area contributed by atoms with E-state index in [2.05, 4.69) is 28.2 Å². The minimum Gasteiger partial charge on any atom is -0.478 e. The van der Waals surface area contributed by atoms with E-state index in [-0.39, 0.29) is 0 Å². The summed E-state index contributed by atoms with van der Waals surface area (Å²) in [5, 5.41) is 12.2. The molecule has 1 aromatic rings. The van der Waals surface area contributed by atoms with Crippen molar-refractivity contribution in [3.63, 3.8) is 0 Å². The lowest BCUT2D eigenvalue weighted by molar-refractivity contribution is 0.0697. The highest BCUT2D eigenvalue weighted by molar-refractivity contribution is 9.10. The first-order valence-electron chi connectivity index (χ1n) is 5.37. The van der Waals surface area contributed by atoms with Gasteiger partial charge < -0.3 is 10.4 Å². The second kappa shape index (κ2) is 4.45. The number of aromatic carboxylic acids is 1. The van der Waals surface area contributed by atoms with Crippen molar-refractivity contribution in [1.82, 2.24) is 0 Å². The van der Waals surface area contributed by atoms with Crippen molar-refractivity contribution >= 4 is 27.6 Å². The third kappa shape index (κ3) is 2.55. The van der Waals surface area contributed by atoms with Crippen LogP contribution in [-0.4, -0.2) is 17.1 Å². The molecule has 0 amide bonds. The van der Waals surface area contributed by atoms with Gasteiger partial charge in [0.1, 0.15) is 0 Å². The fourth-order valence-corrected chi connectivity index (χ4v) is 2.22. The molecule has 4 heteroatoms. The number of hydrogen-bond acceptors (Lipinski definition) is 2. The van der Waals surface area contributed by atoms with Crippen LogP contribution in [0, 0.1) is 5.92 Å². The first kappa shape index (κ1) is 11.5. The van der Waals surface area contributed by atoms with Crippen LogP contribution < -0.4 is 5.32 Å². The zero-order valence-corrected chi connectivity index (χ0v) is 10.6. The average Bonchev–Trinajstić information content (AvgIpc) is 3.03. The molecule has 0 aromatic heterocycles. The molecule has 1 aliphatic carbocycles. The summed E-state index contributed by atoms with van der Waals surface area (Å²) in [6.45, 7) is 2.16. The maximum atomic E-state index is 10.8. The SMILES string of the molecule is CC(Nc1ccc(C(=O)O)cc1Br)C1CC1. The van der Waals surface area contributed by atoms with Gasteiger partial charge in [-0.2, -0.15) is 0 Å². The highest BCUT2D eigenvalue weighted by Crippen LogP contribution is 2.35. The van der Waals surface area contributed by atoms with Crippen LogP contribution in [0.1, 0.15) is 30.1 Å². The van der Waals surface area contributed by atoms with Gasteiger partial charge in [0.25, 0.3) is 0 Å². The predicted octanol–water partition coefficient (Wildman–Crippen LogP) is 3.36. The third-order valence-electron chi connectivity index (χ3n) is 2.93. The lowest BCUT2D eigenvalue weighted by atomic mass is 10.1. The van der Waals surface area contributed by atoms with Gasteiger partial charge in [0.05, 0.1) is 5.56 Å². The van der Waals surface area contributed by atoms with Crippen molar-refractivity contribution in [2.75, 3.05) is 5.32 Å². The molecule has 3 nitrogen and oxygen atoms in total. The number of benzene rings is 1. The number of carboxylic acids is 1. The van der Waals surface area contributed by atoms with Crippen molar-refractivity contribution in [3.05, 3.63) is 28.2 Å². The van der Waals surface area contributed by atoms with Gasteiger partial charge >= 0.3 is 5.97 Å². The van der Waals surface area contributed by atoms with Gasteiger partial charge in [0.2, 0.25) is 0 Å². The third-order valence-corrected chi connectivity index (χ3v) is 3.58. The molecule has 1 saturated carbocycles. The van der Waals surface area contributed by atoms with E-state index in [1.54, 1.807) is 12.1 Å². The lowest BCUT2D eigenvalue weighted by Crippen LogP contribution is -2.17. The number of nitrogens with one attached hydrogen (secondary N) is 1. The van der Waals surface area contributed by atoms with E-state index >= 15 is 0 Å².